The molecular formula is C17H26N4O3. The van der Waals surface area contributed by atoms with E-state index in [1.165, 1.54) is 6.07 Å². The van der Waals surface area contributed by atoms with Crippen molar-refractivity contribution >= 4 is 17.4 Å². The Bertz CT molecular complexity index is 620. The van der Waals surface area contributed by atoms with Gasteiger partial charge in [-0.1, -0.05) is 19.9 Å². The van der Waals surface area contributed by atoms with Gasteiger partial charge in [-0.05, 0) is 38.4 Å². The van der Waals surface area contributed by atoms with E-state index < -0.39 is 4.92 Å². The number of amides is 2. The van der Waals surface area contributed by atoms with E-state index in [0.29, 0.717) is 23.6 Å². The van der Waals surface area contributed by atoms with Gasteiger partial charge in [-0.2, -0.15) is 0 Å². The van der Waals surface area contributed by atoms with E-state index in [4.69, 9.17) is 0 Å². The van der Waals surface area contributed by atoms with Crippen LogP contribution in [0.4, 0.5) is 16.2 Å². The van der Waals surface area contributed by atoms with Gasteiger partial charge in [0.25, 0.3) is 5.69 Å². The molecule has 1 aliphatic rings. The van der Waals surface area contributed by atoms with Gasteiger partial charge in [0, 0.05) is 37.0 Å². The molecular weight excluding hydrogens is 308 g/mol. The number of urea groups is 1. The fraction of sp³-hybridized carbons (Fsp3) is 0.588. The van der Waals surface area contributed by atoms with Crippen LogP contribution in [0.1, 0.15) is 25.8 Å². The van der Waals surface area contributed by atoms with Gasteiger partial charge < -0.3 is 15.1 Å². The summed E-state index contributed by atoms with van der Waals surface area (Å²) in [6.45, 7) is 5.93. The first-order chi connectivity index (χ1) is 11.3. The maximum absolute atomic E-state index is 12.5. The SMILES string of the molecule is CCc1ccc(NC(=O)N(C)[C@H]2CCN(C)C[C@H]2C)cc1[N+](=O)[O-]. The van der Waals surface area contributed by atoms with Crippen molar-refractivity contribution in [1.82, 2.24) is 9.80 Å². The molecule has 0 spiro atoms. The summed E-state index contributed by atoms with van der Waals surface area (Å²) in [6.07, 6.45) is 1.51. The lowest BCUT2D eigenvalue weighted by molar-refractivity contribution is -0.385. The summed E-state index contributed by atoms with van der Waals surface area (Å²) in [4.78, 5) is 27.2. The van der Waals surface area contributed by atoms with E-state index >= 15 is 0 Å². The van der Waals surface area contributed by atoms with Crippen LogP contribution in [0.15, 0.2) is 18.2 Å². The van der Waals surface area contributed by atoms with Gasteiger partial charge in [0.05, 0.1) is 4.92 Å². The Balaban J connectivity index is 2.09. The minimum Gasteiger partial charge on any atom is -0.324 e. The number of piperidine rings is 1. The Hall–Kier alpha value is -2.15. The lowest BCUT2D eigenvalue weighted by Crippen LogP contribution is -2.50. The molecule has 1 aliphatic heterocycles. The monoisotopic (exact) mass is 334 g/mol. The highest BCUT2D eigenvalue weighted by molar-refractivity contribution is 5.89. The highest BCUT2D eigenvalue weighted by Crippen LogP contribution is 2.25. The molecule has 2 amide bonds. The normalized spacial score (nSPS) is 21.3. The van der Waals surface area contributed by atoms with Gasteiger partial charge in [0.1, 0.15) is 0 Å². The Labute approximate surface area is 142 Å². The van der Waals surface area contributed by atoms with Crippen LogP contribution in [0.25, 0.3) is 0 Å². The molecule has 0 unspecified atom stereocenters. The van der Waals surface area contributed by atoms with Crippen LogP contribution in [0.5, 0.6) is 0 Å². The second-order valence-corrected chi connectivity index (χ2v) is 6.59. The fourth-order valence-electron chi connectivity index (χ4n) is 3.39. The number of hydrogen-bond acceptors (Lipinski definition) is 4. The number of carbonyl (C=O) groups is 1. The third kappa shape index (κ3) is 4.03. The second kappa shape index (κ2) is 7.61. The summed E-state index contributed by atoms with van der Waals surface area (Å²) >= 11 is 0. The first kappa shape index (κ1) is 18.2. The van der Waals surface area contributed by atoms with Gasteiger partial charge in [0.2, 0.25) is 0 Å². The second-order valence-electron chi connectivity index (χ2n) is 6.59. The summed E-state index contributed by atoms with van der Waals surface area (Å²) in [5.74, 6) is 0.385. The number of rotatable bonds is 4. The molecule has 7 heteroatoms. The van der Waals surface area contributed by atoms with E-state index in [-0.39, 0.29) is 17.8 Å². The number of benzene rings is 1. The predicted molar refractivity (Wildman–Crippen MR) is 94.3 cm³/mol. The van der Waals surface area contributed by atoms with Crippen LogP contribution in [-0.2, 0) is 6.42 Å². The third-order valence-corrected chi connectivity index (χ3v) is 4.80. The first-order valence-corrected chi connectivity index (χ1v) is 8.33. The van der Waals surface area contributed by atoms with Crippen molar-refractivity contribution in [1.29, 1.82) is 0 Å². The summed E-state index contributed by atoms with van der Waals surface area (Å²) in [5, 5.41) is 13.9. The van der Waals surface area contributed by atoms with Crippen molar-refractivity contribution in [2.45, 2.75) is 32.7 Å². The first-order valence-electron chi connectivity index (χ1n) is 8.33. The Kier molecular flexibility index (Phi) is 5.77. The molecule has 1 aromatic rings. The Morgan fingerprint density at radius 3 is 2.79 bits per heavy atom. The van der Waals surface area contributed by atoms with Gasteiger partial charge in [0.15, 0.2) is 0 Å². The zero-order chi connectivity index (χ0) is 17.9. The van der Waals surface area contributed by atoms with E-state index in [9.17, 15) is 14.9 Å². The van der Waals surface area contributed by atoms with Crippen molar-refractivity contribution in [3.8, 4) is 0 Å². The zero-order valence-electron chi connectivity index (χ0n) is 14.8. The summed E-state index contributed by atoms with van der Waals surface area (Å²) < 4.78 is 0. The fourth-order valence-corrected chi connectivity index (χ4v) is 3.39. The van der Waals surface area contributed by atoms with Crippen molar-refractivity contribution in [2.24, 2.45) is 5.92 Å². The molecule has 7 nitrogen and oxygen atoms in total. The number of aryl methyl sites for hydroxylation is 1. The molecule has 0 aromatic heterocycles. The van der Waals surface area contributed by atoms with Gasteiger partial charge in [-0.3, -0.25) is 10.1 Å². The van der Waals surface area contributed by atoms with E-state index in [1.54, 1.807) is 24.1 Å². The molecule has 1 N–H and O–H groups in total. The highest BCUT2D eigenvalue weighted by Gasteiger charge is 2.30. The van der Waals surface area contributed by atoms with Crippen LogP contribution in [-0.4, -0.2) is 54.0 Å². The van der Waals surface area contributed by atoms with E-state index in [1.807, 2.05) is 6.92 Å². The molecule has 0 saturated carbocycles. The van der Waals surface area contributed by atoms with Crippen molar-refractivity contribution in [3.63, 3.8) is 0 Å². The van der Waals surface area contributed by atoms with Gasteiger partial charge in [-0.15, -0.1) is 0 Å². The number of nitro benzene ring substituents is 1. The Morgan fingerprint density at radius 2 is 2.21 bits per heavy atom. The lowest BCUT2D eigenvalue weighted by Gasteiger charge is -2.39. The summed E-state index contributed by atoms with van der Waals surface area (Å²) in [5.41, 5.74) is 1.16. The molecule has 2 atom stereocenters. The molecule has 1 fully saturated rings. The molecule has 24 heavy (non-hydrogen) atoms. The third-order valence-electron chi connectivity index (χ3n) is 4.80. The maximum Gasteiger partial charge on any atom is 0.321 e. The van der Waals surface area contributed by atoms with Crippen LogP contribution in [0, 0.1) is 16.0 Å². The van der Waals surface area contributed by atoms with Gasteiger partial charge in [-0.25, -0.2) is 4.79 Å². The number of nitrogens with one attached hydrogen (secondary N) is 1. The number of nitro groups is 1. The van der Waals surface area contributed by atoms with Crippen LogP contribution in [0.3, 0.4) is 0 Å². The largest absolute Gasteiger partial charge is 0.324 e. The zero-order valence-corrected chi connectivity index (χ0v) is 14.8. The number of nitrogens with zero attached hydrogens (tertiary/aromatic N) is 3. The van der Waals surface area contributed by atoms with E-state index in [0.717, 1.165) is 19.5 Å². The molecule has 2 rings (SSSR count). The molecule has 0 radical (unpaired) electrons. The average Bonchev–Trinajstić information content (AvgIpc) is 2.54. The highest BCUT2D eigenvalue weighted by atomic mass is 16.6. The smallest absolute Gasteiger partial charge is 0.321 e. The lowest BCUT2D eigenvalue weighted by atomic mass is 9.93. The van der Waals surface area contributed by atoms with Crippen molar-refractivity contribution < 1.29 is 9.72 Å². The molecule has 1 aromatic carbocycles. The van der Waals surface area contributed by atoms with Crippen LogP contribution in [0.2, 0.25) is 0 Å². The minimum atomic E-state index is -0.406. The van der Waals surface area contributed by atoms with E-state index in [2.05, 4.69) is 24.2 Å². The minimum absolute atomic E-state index is 0.0469. The predicted octanol–water partition coefficient (Wildman–Crippen LogP) is 2.96. The summed E-state index contributed by atoms with van der Waals surface area (Å²) in [7, 11) is 3.87. The Morgan fingerprint density at radius 1 is 1.50 bits per heavy atom. The number of anilines is 1. The quantitative estimate of drug-likeness (QED) is 0.678. The number of likely N-dealkylation sites (tertiary alicyclic amines) is 1. The maximum atomic E-state index is 12.5. The standard InChI is InChI=1S/C17H26N4O3/c1-5-13-6-7-14(10-16(13)21(23)24)18-17(22)20(4)15-8-9-19(3)11-12(15)2/h6-7,10,12,15H,5,8-9,11H2,1-4H3,(H,18,22)/t12-,15+/m1/s1. The van der Waals surface area contributed by atoms with Crippen molar-refractivity contribution in [3.05, 3.63) is 33.9 Å². The molecule has 1 heterocycles. The molecule has 132 valence electrons. The van der Waals surface area contributed by atoms with Crippen molar-refractivity contribution in [2.75, 3.05) is 32.5 Å². The summed E-state index contributed by atoms with van der Waals surface area (Å²) in [6, 6.07) is 4.80. The number of hydrogen-bond donors (Lipinski definition) is 1. The van der Waals surface area contributed by atoms with Crippen LogP contribution < -0.4 is 5.32 Å². The molecule has 0 bridgehead atoms. The molecule has 0 aliphatic carbocycles. The number of carbonyl (C=O) groups excluding carboxylic acids is 1. The molecule has 1 saturated heterocycles. The average molecular weight is 334 g/mol. The topological polar surface area (TPSA) is 78.7 Å². The van der Waals surface area contributed by atoms with Gasteiger partial charge >= 0.3 is 6.03 Å². The van der Waals surface area contributed by atoms with Crippen LogP contribution >= 0.6 is 0 Å².